The Hall–Kier alpha value is 0.320. The van der Waals surface area contributed by atoms with Gasteiger partial charge in [-0.2, -0.15) is 0 Å². The Labute approximate surface area is 64.7 Å². The summed E-state index contributed by atoms with van der Waals surface area (Å²) in [5.74, 6) is 0. The van der Waals surface area contributed by atoms with Crippen molar-refractivity contribution < 1.29 is 5.11 Å². The normalized spacial score (nSPS) is 9.75. The van der Waals surface area contributed by atoms with Gasteiger partial charge in [-0.15, -0.1) is 11.3 Å². The van der Waals surface area contributed by atoms with Crippen molar-refractivity contribution in [1.82, 2.24) is 4.98 Å². The number of halogens is 1. The first-order valence-electron chi connectivity index (χ1n) is 2.03. The van der Waals surface area contributed by atoms with Gasteiger partial charge < -0.3 is 5.11 Å². The van der Waals surface area contributed by atoms with E-state index in [0.717, 1.165) is 8.58 Å². The van der Waals surface area contributed by atoms with Crippen molar-refractivity contribution in [3.63, 3.8) is 0 Å². The minimum atomic E-state index is 0.0573. The summed E-state index contributed by atoms with van der Waals surface area (Å²) in [5.41, 5.74) is 2.52. The van der Waals surface area contributed by atoms with E-state index < -0.39 is 0 Å². The second-order valence-electron chi connectivity index (χ2n) is 1.23. The maximum Gasteiger partial charge on any atom is 0.0907 e. The van der Waals surface area contributed by atoms with Gasteiger partial charge in [0.05, 0.1) is 20.7 Å². The van der Waals surface area contributed by atoms with Crippen LogP contribution in [0.15, 0.2) is 5.51 Å². The highest BCUT2D eigenvalue weighted by molar-refractivity contribution is 14.1. The molecular formula is C4H4INOS. The lowest BCUT2D eigenvalue weighted by molar-refractivity contribution is 0.277. The van der Waals surface area contributed by atoms with E-state index in [-0.39, 0.29) is 6.61 Å². The summed E-state index contributed by atoms with van der Waals surface area (Å²) in [6, 6.07) is 0. The number of hydrogen-bond acceptors (Lipinski definition) is 3. The molecule has 0 atom stereocenters. The summed E-state index contributed by atoms with van der Waals surface area (Å²) in [4.78, 5) is 3.90. The molecule has 8 heavy (non-hydrogen) atoms. The van der Waals surface area contributed by atoms with E-state index in [2.05, 4.69) is 27.6 Å². The van der Waals surface area contributed by atoms with Crippen LogP contribution in [0.2, 0.25) is 0 Å². The third-order valence-corrected chi connectivity index (χ3v) is 2.78. The van der Waals surface area contributed by atoms with Crippen LogP contribution in [0.3, 0.4) is 0 Å². The number of rotatable bonds is 1. The number of aromatic nitrogens is 1. The Bertz CT molecular complexity index is 176. The Morgan fingerprint density at radius 2 is 2.62 bits per heavy atom. The van der Waals surface area contributed by atoms with Gasteiger partial charge >= 0.3 is 0 Å². The Morgan fingerprint density at radius 3 is 2.88 bits per heavy atom. The minimum absolute atomic E-state index is 0.0573. The summed E-state index contributed by atoms with van der Waals surface area (Å²) in [6.45, 7) is 0.0573. The number of aliphatic hydroxyl groups excluding tert-OH is 1. The molecule has 0 amide bonds. The fourth-order valence-electron chi connectivity index (χ4n) is 0.358. The molecule has 0 bridgehead atoms. The zero-order valence-electron chi connectivity index (χ0n) is 3.97. The van der Waals surface area contributed by atoms with Crippen molar-refractivity contribution in [1.29, 1.82) is 0 Å². The number of hydrogen-bond donors (Lipinski definition) is 1. The highest BCUT2D eigenvalue weighted by Gasteiger charge is 1.97. The van der Waals surface area contributed by atoms with E-state index in [1.165, 1.54) is 0 Å². The average molecular weight is 241 g/mol. The molecule has 0 aliphatic heterocycles. The molecule has 2 nitrogen and oxygen atoms in total. The van der Waals surface area contributed by atoms with Crippen LogP contribution in [0.5, 0.6) is 0 Å². The number of aliphatic hydroxyl groups is 1. The largest absolute Gasteiger partial charge is 0.390 e. The predicted octanol–water partition coefficient (Wildman–Crippen LogP) is 1.24. The molecule has 44 valence electrons. The fraction of sp³-hybridized carbons (Fsp3) is 0.250. The van der Waals surface area contributed by atoms with Gasteiger partial charge in [0.1, 0.15) is 0 Å². The van der Waals surface area contributed by atoms with Crippen molar-refractivity contribution in [2.75, 3.05) is 0 Å². The van der Waals surface area contributed by atoms with Crippen LogP contribution in [-0.2, 0) is 6.61 Å². The van der Waals surface area contributed by atoms with Gasteiger partial charge in [-0.3, -0.25) is 0 Å². The molecule has 1 N–H and O–H groups in total. The predicted molar refractivity (Wildman–Crippen MR) is 40.8 cm³/mol. The summed E-state index contributed by atoms with van der Waals surface area (Å²) in [7, 11) is 0. The van der Waals surface area contributed by atoms with Crippen LogP contribution in [0.25, 0.3) is 0 Å². The Morgan fingerprint density at radius 1 is 1.88 bits per heavy atom. The van der Waals surface area contributed by atoms with Gasteiger partial charge in [0, 0.05) is 0 Å². The molecule has 1 rings (SSSR count). The van der Waals surface area contributed by atoms with E-state index in [4.69, 9.17) is 5.11 Å². The highest BCUT2D eigenvalue weighted by Crippen LogP contribution is 2.14. The minimum Gasteiger partial charge on any atom is -0.390 e. The first-order valence-corrected chi connectivity index (χ1v) is 3.99. The van der Waals surface area contributed by atoms with E-state index in [0.29, 0.717) is 0 Å². The van der Waals surface area contributed by atoms with E-state index in [1.807, 2.05) is 0 Å². The van der Waals surface area contributed by atoms with Crippen molar-refractivity contribution >= 4 is 33.9 Å². The molecule has 0 radical (unpaired) electrons. The van der Waals surface area contributed by atoms with Gasteiger partial charge in [0.15, 0.2) is 0 Å². The summed E-state index contributed by atoms with van der Waals surface area (Å²) < 4.78 is 1.07. The lowest BCUT2D eigenvalue weighted by Gasteiger charge is -1.83. The van der Waals surface area contributed by atoms with Crippen molar-refractivity contribution in [3.05, 3.63) is 14.1 Å². The third-order valence-electron chi connectivity index (χ3n) is 0.741. The van der Waals surface area contributed by atoms with Gasteiger partial charge in [-0.05, 0) is 22.6 Å². The van der Waals surface area contributed by atoms with Crippen molar-refractivity contribution in [2.45, 2.75) is 6.61 Å². The van der Waals surface area contributed by atoms with Crippen LogP contribution in [0.4, 0.5) is 0 Å². The maximum atomic E-state index is 8.55. The molecule has 1 heterocycles. The van der Waals surface area contributed by atoms with Gasteiger partial charge in [-0.25, -0.2) is 4.98 Å². The van der Waals surface area contributed by atoms with Crippen molar-refractivity contribution in [2.24, 2.45) is 0 Å². The van der Waals surface area contributed by atoms with Gasteiger partial charge in [0.25, 0.3) is 0 Å². The van der Waals surface area contributed by atoms with Crippen LogP contribution in [0.1, 0.15) is 5.69 Å². The maximum absolute atomic E-state index is 8.55. The van der Waals surface area contributed by atoms with E-state index in [9.17, 15) is 0 Å². The second kappa shape index (κ2) is 2.75. The average Bonchev–Trinajstić information content (AvgIpc) is 2.14. The Kier molecular flexibility index (Phi) is 2.21. The summed E-state index contributed by atoms with van der Waals surface area (Å²) in [6.07, 6.45) is 0. The highest BCUT2D eigenvalue weighted by atomic mass is 127. The lowest BCUT2D eigenvalue weighted by atomic mass is 10.5. The number of thiazole rings is 1. The second-order valence-corrected chi connectivity index (χ2v) is 3.90. The SMILES string of the molecule is OCc1ncsc1I. The molecule has 0 aliphatic carbocycles. The monoisotopic (exact) mass is 241 g/mol. The standard InChI is InChI=1S/C4H4INOS/c5-4-3(1-7)6-2-8-4/h2,7H,1H2. The molecular weight excluding hydrogens is 237 g/mol. The quantitative estimate of drug-likeness (QED) is 0.750. The smallest absolute Gasteiger partial charge is 0.0907 e. The molecule has 0 aliphatic rings. The van der Waals surface area contributed by atoms with Crippen LogP contribution < -0.4 is 0 Å². The van der Waals surface area contributed by atoms with Crippen LogP contribution in [-0.4, -0.2) is 10.1 Å². The number of nitrogens with zero attached hydrogens (tertiary/aromatic N) is 1. The summed E-state index contributed by atoms with van der Waals surface area (Å²) in [5, 5.41) is 8.55. The lowest BCUT2D eigenvalue weighted by Crippen LogP contribution is -1.82. The van der Waals surface area contributed by atoms with Crippen LogP contribution >= 0.6 is 33.9 Å². The molecule has 0 fully saturated rings. The summed E-state index contributed by atoms with van der Waals surface area (Å²) >= 11 is 3.70. The topological polar surface area (TPSA) is 33.1 Å². The van der Waals surface area contributed by atoms with Gasteiger partial charge in [-0.1, -0.05) is 0 Å². The molecule has 0 unspecified atom stereocenters. The van der Waals surface area contributed by atoms with Crippen molar-refractivity contribution in [3.8, 4) is 0 Å². The molecule has 0 aromatic carbocycles. The molecule has 0 saturated heterocycles. The molecule has 1 aromatic rings. The Balaban J connectivity index is 2.92. The van der Waals surface area contributed by atoms with E-state index >= 15 is 0 Å². The molecule has 0 saturated carbocycles. The first-order chi connectivity index (χ1) is 3.84. The molecule has 0 spiro atoms. The fourth-order valence-corrected chi connectivity index (χ4v) is 1.53. The van der Waals surface area contributed by atoms with Gasteiger partial charge in [0.2, 0.25) is 0 Å². The molecule has 1 aromatic heterocycles. The molecule has 4 heteroatoms. The van der Waals surface area contributed by atoms with E-state index in [1.54, 1.807) is 16.8 Å². The van der Waals surface area contributed by atoms with Crippen LogP contribution in [0, 0.1) is 2.88 Å². The third kappa shape index (κ3) is 1.18. The zero-order chi connectivity index (χ0) is 5.98. The first kappa shape index (κ1) is 6.44. The zero-order valence-corrected chi connectivity index (χ0v) is 6.94.